The number of hydrogen-bond acceptors (Lipinski definition) is 5. The van der Waals surface area contributed by atoms with Gasteiger partial charge in [-0.25, -0.2) is 0 Å². The standard InChI is InChI=1S/C18H22N2O5/c1-10-7-14(15(18(23)24)8-11(10)2)17(22)20-19-16(21)12-5-4-6-13(9-12)25-3/h4-6,9,14-15H,7-8H2,1-3H3,(H,19,21)(H,20,22)(H,23,24)/p-1/t14-,15+/m0/s1. The molecule has 0 aromatic heterocycles. The molecule has 0 heterocycles. The molecule has 2 amide bonds. The zero-order valence-electron chi connectivity index (χ0n) is 14.4. The molecule has 0 bridgehead atoms. The van der Waals surface area contributed by atoms with Gasteiger partial charge < -0.3 is 14.6 Å². The second-order valence-electron chi connectivity index (χ2n) is 6.18. The number of ether oxygens (including phenoxy) is 1. The molecule has 1 aliphatic rings. The molecule has 1 aliphatic carbocycles. The van der Waals surface area contributed by atoms with Crippen LogP contribution in [0.3, 0.4) is 0 Å². The number of hydrogen-bond donors (Lipinski definition) is 2. The molecule has 0 fully saturated rings. The van der Waals surface area contributed by atoms with E-state index < -0.39 is 29.6 Å². The van der Waals surface area contributed by atoms with Gasteiger partial charge in [-0.3, -0.25) is 20.4 Å². The normalized spacial score (nSPS) is 20.0. The van der Waals surface area contributed by atoms with E-state index >= 15 is 0 Å². The van der Waals surface area contributed by atoms with Gasteiger partial charge in [0.05, 0.1) is 13.0 Å². The highest BCUT2D eigenvalue weighted by Crippen LogP contribution is 2.33. The summed E-state index contributed by atoms with van der Waals surface area (Å²) in [5, 5.41) is 11.3. The molecule has 25 heavy (non-hydrogen) atoms. The molecule has 0 saturated heterocycles. The number of allylic oxidation sites excluding steroid dienone is 2. The van der Waals surface area contributed by atoms with Crippen LogP contribution in [0, 0.1) is 11.8 Å². The summed E-state index contributed by atoms with van der Waals surface area (Å²) in [4.78, 5) is 35.8. The number of carboxylic acid groups (broad SMARTS) is 1. The minimum absolute atomic E-state index is 0.274. The van der Waals surface area contributed by atoms with Crippen molar-refractivity contribution in [1.29, 1.82) is 0 Å². The van der Waals surface area contributed by atoms with Crippen LogP contribution in [0.5, 0.6) is 5.75 Å². The van der Waals surface area contributed by atoms with E-state index in [4.69, 9.17) is 4.74 Å². The van der Waals surface area contributed by atoms with Crippen molar-refractivity contribution in [3.05, 3.63) is 41.0 Å². The van der Waals surface area contributed by atoms with E-state index in [1.807, 2.05) is 13.8 Å². The van der Waals surface area contributed by atoms with Crippen LogP contribution in [0.2, 0.25) is 0 Å². The summed E-state index contributed by atoms with van der Waals surface area (Å²) >= 11 is 0. The lowest BCUT2D eigenvalue weighted by Crippen LogP contribution is -2.49. The largest absolute Gasteiger partial charge is 0.550 e. The summed E-state index contributed by atoms with van der Waals surface area (Å²) in [5.74, 6) is -3.49. The average molecular weight is 345 g/mol. The topological polar surface area (TPSA) is 108 Å². The van der Waals surface area contributed by atoms with Crippen LogP contribution in [-0.2, 0) is 9.59 Å². The summed E-state index contributed by atoms with van der Waals surface area (Å²) < 4.78 is 5.04. The monoisotopic (exact) mass is 345 g/mol. The number of carbonyl (C=O) groups excluding carboxylic acids is 3. The summed E-state index contributed by atoms with van der Waals surface area (Å²) in [6.45, 7) is 3.72. The van der Waals surface area contributed by atoms with E-state index in [2.05, 4.69) is 10.9 Å². The lowest BCUT2D eigenvalue weighted by molar-refractivity contribution is -0.313. The van der Waals surface area contributed by atoms with Crippen LogP contribution in [0.1, 0.15) is 37.0 Å². The van der Waals surface area contributed by atoms with E-state index in [0.717, 1.165) is 11.1 Å². The van der Waals surface area contributed by atoms with Gasteiger partial charge in [0, 0.05) is 17.5 Å². The first-order valence-electron chi connectivity index (χ1n) is 7.93. The van der Waals surface area contributed by atoms with Gasteiger partial charge in [0.15, 0.2) is 0 Å². The van der Waals surface area contributed by atoms with Gasteiger partial charge >= 0.3 is 0 Å². The fourth-order valence-corrected chi connectivity index (χ4v) is 2.86. The molecule has 0 aliphatic heterocycles. The van der Waals surface area contributed by atoms with Crippen LogP contribution in [0.4, 0.5) is 0 Å². The van der Waals surface area contributed by atoms with E-state index in [0.29, 0.717) is 17.7 Å². The Bertz CT molecular complexity index is 726. The zero-order chi connectivity index (χ0) is 18.6. The van der Waals surface area contributed by atoms with Crippen molar-refractivity contribution in [2.75, 3.05) is 7.11 Å². The van der Waals surface area contributed by atoms with Gasteiger partial charge in [0.2, 0.25) is 5.91 Å². The number of nitrogens with one attached hydrogen (secondary N) is 2. The molecule has 2 atom stereocenters. The van der Waals surface area contributed by atoms with E-state index in [1.165, 1.54) is 13.2 Å². The van der Waals surface area contributed by atoms with Gasteiger partial charge in [-0.1, -0.05) is 17.2 Å². The van der Waals surface area contributed by atoms with Crippen molar-refractivity contribution < 1.29 is 24.2 Å². The second-order valence-corrected chi connectivity index (χ2v) is 6.18. The molecule has 2 rings (SSSR count). The summed E-state index contributed by atoms with van der Waals surface area (Å²) in [5.41, 5.74) is 6.88. The zero-order valence-corrected chi connectivity index (χ0v) is 14.4. The maximum absolute atomic E-state index is 12.4. The minimum Gasteiger partial charge on any atom is -0.550 e. The quantitative estimate of drug-likeness (QED) is 0.613. The highest BCUT2D eigenvalue weighted by Gasteiger charge is 2.33. The Morgan fingerprint density at radius 3 is 2.32 bits per heavy atom. The van der Waals surface area contributed by atoms with E-state index in [1.54, 1.807) is 18.2 Å². The first-order valence-corrected chi connectivity index (χ1v) is 7.93. The highest BCUT2D eigenvalue weighted by molar-refractivity contribution is 5.96. The van der Waals surface area contributed by atoms with Crippen LogP contribution in [0.25, 0.3) is 0 Å². The lowest BCUT2D eigenvalue weighted by Gasteiger charge is -2.32. The first kappa shape index (κ1) is 18.5. The number of carbonyl (C=O) groups is 3. The molecule has 0 radical (unpaired) electrons. The predicted molar refractivity (Wildman–Crippen MR) is 88.2 cm³/mol. The van der Waals surface area contributed by atoms with Crippen molar-refractivity contribution in [1.82, 2.24) is 10.9 Å². The molecule has 7 heteroatoms. The van der Waals surface area contributed by atoms with Crippen LogP contribution >= 0.6 is 0 Å². The molecule has 0 unspecified atom stereocenters. The summed E-state index contributed by atoms with van der Waals surface area (Å²) in [6, 6.07) is 6.45. The Balaban J connectivity index is 2.03. The molecular weight excluding hydrogens is 324 g/mol. The molecular formula is C18H21N2O5-. The number of carboxylic acids is 1. The molecule has 134 valence electrons. The third kappa shape index (κ3) is 4.37. The van der Waals surface area contributed by atoms with Gasteiger partial charge in [-0.15, -0.1) is 0 Å². The van der Waals surface area contributed by atoms with Crippen LogP contribution < -0.4 is 20.7 Å². The highest BCUT2D eigenvalue weighted by atomic mass is 16.5. The third-order valence-corrected chi connectivity index (χ3v) is 4.54. The molecule has 0 spiro atoms. The summed E-state index contributed by atoms with van der Waals surface area (Å²) in [7, 11) is 1.49. The predicted octanol–water partition coefficient (Wildman–Crippen LogP) is 0.569. The molecule has 7 nitrogen and oxygen atoms in total. The number of rotatable bonds is 4. The third-order valence-electron chi connectivity index (χ3n) is 4.54. The average Bonchev–Trinajstić information content (AvgIpc) is 2.61. The van der Waals surface area contributed by atoms with Crippen molar-refractivity contribution >= 4 is 17.8 Å². The minimum atomic E-state index is -1.26. The number of aliphatic carboxylic acids is 1. The van der Waals surface area contributed by atoms with Crippen molar-refractivity contribution in [2.24, 2.45) is 11.8 Å². The summed E-state index contributed by atoms with van der Waals surface area (Å²) in [6.07, 6.45) is 0.599. The number of methoxy groups -OCH3 is 1. The Kier molecular flexibility index (Phi) is 5.80. The van der Waals surface area contributed by atoms with Crippen molar-refractivity contribution in [3.63, 3.8) is 0 Å². The Morgan fingerprint density at radius 2 is 1.72 bits per heavy atom. The SMILES string of the molecule is COc1cccc(C(=O)NNC(=O)[C@H]2CC(C)=C(C)C[C@H]2C(=O)[O-])c1. The molecule has 1 aromatic carbocycles. The Labute approximate surface area is 146 Å². The Morgan fingerprint density at radius 1 is 1.08 bits per heavy atom. The second kappa shape index (κ2) is 7.83. The Hall–Kier alpha value is -2.83. The van der Waals surface area contributed by atoms with Crippen LogP contribution in [-0.4, -0.2) is 24.9 Å². The van der Waals surface area contributed by atoms with Crippen molar-refractivity contribution in [3.8, 4) is 5.75 Å². The van der Waals surface area contributed by atoms with E-state index in [-0.39, 0.29) is 6.42 Å². The first-order chi connectivity index (χ1) is 11.8. The fraction of sp³-hybridized carbons (Fsp3) is 0.389. The van der Waals surface area contributed by atoms with Gasteiger partial charge in [0.25, 0.3) is 5.91 Å². The molecule has 0 saturated carbocycles. The molecule has 2 N–H and O–H groups in total. The fourth-order valence-electron chi connectivity index (χ4n) is 2.86. The van der Waals surface area contributed by atoms with Gasteiger partial charge in [-0.05, 0) is 44.9 Å². The van der Waals surface area contributed by atoms with Crippen molar-refractivity contribution in [2.45, 2.75) is 26.7 Å². The van der Waals surface area contributed by atoms with Gasteiger partial charge in [0.1, 0.15) is 5.75 Å². The smallest absolute Gasteiger partial charge is 0.269 e. The molecule has 1 aromatic rings. The number of hydrazine groups is 1. The number of benzene rings is 1. The maximum Gasteiger partial charge on any atom is 0.269 e. The van der Waals surface area contributed by atoms with Gasteiger partial charge in [-0.2, -0.15) is 0 Å². The van der Waals surface area contributed by atoms with E-state index in [9.17, 15) is 19.5 Å². The lowest BCUT2D eigenvalue weighted by atomic mass is 9.76. The van der Waals surface area contributed by atoms with Crippen LogP contribution in [0.15, 0.2) is 35.4 Å². The maximum atomic E-state index is 12.4. The number of amides is 2.